The van der Waals surface area contributed by atoms with Crippen molar-refractivity contribution in [1.82, 2.24) is 0 Å². The van der Waals surface area contributed by atoms with Crippen LogP contribution in [-0.2, 0) is 0 Å². The van der Waals surface area contributed by atoms with Crippen LogP contribution in [0, 0.1) is 0 Å². The second kappa shape index (κ2) is 21.1. The number of nitrogens with zero attached hydrogens (tertiary/aromatic N) is 5. The average Bonchev–Trinajstić information content (AvgIpc) is 3.26. The minimum atomic E-state index is -0.506. The summed E-state index contributed by atoms with van der Waals surface area (Å²) >= 11 is 0. The van der Waals surface area contributed by atoms with E-state index < -0.39 is 11.9 Å². The molecular weight excluding hydrogens is 731 g/mol. The van der Waals surface area contributed by atoms with Crippen molar-refractivity contribution in [3.05, 3.63) is 162 Å². The smallest absolute Gasteiger partial charge is 0.343 e. The highest BCUT2D eigenvalue weighted by Gasteiger charge is 2.11. The summed E-state index contributed by atoms with van der Waals surface area (Å²) in [4.78, 5) is 30.2. The zero-order valence-electron chi connectivity index (χ0n) is 32.4. The van der Waals surface area contributed by atoms with E-state index in [4.69, 9.17) is 18.9 Å². The molecule has 292 valence electrons. The summed E-state index contributed by atoms with van der Waals surface area (Å²) in [6.45, 7) is 5.62. The van der Waals surface area contributed by atoms with Crippen molar-refractivity contribution in [2.45, 2.75) is 39.5 Å². The third-order valence-electron chi connectivity index (χ3n) is 8.45. The minimum Gasteiger partial charge on any atom is -0.494 e. The van der Waals surface area contributed by atoms with Crippen molar-refractivity contribution in [1.29, 1.82) is 0 Å². The van der Waals surface area contributed by atoms with Gasteiger partial charge in [0.15, 0.2) is 0 Å². The van der Waals surface area contributed by atoms with Gasteiger partial charge < -0.3 is 18.9 Å². The highest BCUT2D eigenvalue weighted by molar-refractivity contribution is 5.92. The Morgan fingerprint density at radius 2 is 0.862 bits per heavy atom. The van der Waals surface area contributed by atoms with Gasteiger partial charge in [-0.1, -0.05) is 38.8 Å². The Hall–Kier alpha value is -7.27. The predicted molar refractivity (Wildman–Crippen MR) is 225 cm³/mol. The van der Waals surface area contributed by atoms with Crippen molar-refractivity contribution in [3.63, 3.8) is 0 Å². The first-order valence-electron chi connectivity index (χ1n) is 19.1. The average molecular weight is 774 g/mol. The second-order valence-electron chi connectivity index (χ2n) is 13.0. The van der Waals surface area contributed by atoms with E-state index in [0.29, 0.717) is 64.3 Å². The summed E-state index contributed by atoms with van der Waals surface area (Å²) in [6.07, 6.45) is 5.83. The molecule has 11 nitrogen and oxygen atoms in total. The molecular formula is C47H43N5O6. The van der Waals surface area contributed by atoms with Crippen LogP contribution < -0.4 is 18.9 Å². The fourth-order valence-electron chi connectivity index (χ4n) is 5.19. The quantitative estimate of drug-likeness (QED) is 0.0281. The number of aliphatic imine (C=N–C) groups is 1. The van der Waals surface area contributed by atoms with E-state index in [-0.39, 0.29) is 0 Å². The fraction of sp³-hybridized carbons (Fsp3) is 0.170. The fourth-order valence-corrected chi connectivity index (χ4v) is 5.19. The zero-order valence-corrected chi connectivity index (χ0v) is 32.4. The summed E-state index contributed by atoms with van der Waals surface area (Å²) in [5, 5.41) is 17.1. The van der Waals surface area contributed by atoms with Gasteiger partial charge in [0.2, 0.25) is 0 Å². The van der Waals surface area contributed by atoms with Crippen LogP contribution in [0.2, 0.25) is 0 Å². The number of unbranched alkanes of at least 4 members (excludes halogenated alkanes) is 2. The maximum atomic E-state index is 12.9. The number of benzene rings is 6. The third kappa shape index (κ3) is 12.6. The SMILES string of the molecule is CCCCOc1ccc(N=Nc2ccc(C(=O)Oc3ccc(N=Cc4cccc(OC(=O)c5ccc(N=Nc6ccc(OCCCC)cc6)cc5)c4)cc3)cc2)cc1. The molecule has 0 aliphatic carbocycles. The Bertz CT molecular complexity index is 2320. The van der Waals surface area contributed by atoms with Crippen molar-refractivity contribution in [2.75, 3.05) is 13.2 Å². The van der Waals surface area contributed by atoms with E-state index in [9.17, 15) is 9.59 Å². The first-order valence-corrected chi connectivity index (χ1v) is 19.1. The number of hydrogen-bond donors (Lipinski definition) is 0. The van der Waals surface area contributed by atoms with Crippen LogP contribution >= 0.6 is 0 Å². The zero-order chi connectivity index (χ0) is 40.4. The molecule has 6 rings (SSSR count). The molecule has 0 aliphatic rings. The lowest BCUT2D eigenvalue weighted by Crippen LogP contribution is -2.08. The highest BCUT2D eigenvalue weighted by atomic mass is 16.5. The number of hydrogen-bond acceptors (Lipinski definition) is 11. The molecule has 0 heterocycles. The normalized spacial score (nSPS) is 11.3. The topological polar surface area (TPSA) is 133 Å². The van der Waals surface area contributed by atoms with E-state index in [2.05, 4.69) is 39.3 Å². The molecule has 0 radical (unpaired) electrons. The number of esters is 2. The Morgan fingerprint density at radius 3 is 1.31 bits per heavy atom. The van der Waals surface area contributed by atoms with Crippen molar-refractivity contribution in [3.8, 4) is 23.0 Å². The monoisotopic (exact) mass is 773 g/mol. The molecule has 58 heavy (non-hydrogen) atoms. The minimum absolute atomic E-state index is 0.372. The molecule has 0 spiro atoms. The van der Waals surface area contributed by atoms with Gasteiger partial charge in [-0.2, -0.15) is 20.5 Å². The van der Waals surface area contributed by atoms with Gasteiger partial charge in [0.05, 0.1) is 52.8 Å². The molecule has 0 N–H and O–H groups in total. The van der Waals surface area contributed by atoms with Gasteiger partial charge >= 0.3 is 11.9 Å². The molecule has 6 aromatic carbocycles. The van der Waals surface area contributed by atoms with Crippen LogP contribution in [0.25, 0.3) is 0 Å². The number of carbonyl (C=O) groups excluding carboxylic acids is 2. The van der Waals surface area contributed by atoms with Gasteiger partial charge in [-0.05, 0) is 152 Å². The van der Waals surface area contributed by atoms with Crippen LogP contribution in [0.4, 0.5) is 28.4 Å². The van der Waals surface area contributed by atoms with E-state index in [1.54, 1.807) is 97.2 Å². The first-order chi connectivity index (χ1) is 28.4. The molecule has 0 fully saturated rings. The molecule has 0 saturated heterocycles. The maximum Gasteiger partial charge on any atom is 0.343 e. The van der Waals surface area contributed by atoms with E-state index in [1.165, 1.54) is 0 Å². The van der Waals surface area contributed by atoms with Crippen molar-refractivity contribution in [2.24, 2.45) is 25.4 Å². The van der Waals surface area contributed by atoms with Crippen LogP contribution in [0.15, 0.2) is 171 Å². The van der Waals surface area contributed by atoms with Crippen LogP contribution in [0.5, 0.6) is 23.0 Å². The highest BCUT2D eigenvalue weighted by Crippen LogP contribution is 2.25. The van der Waals surface area contributed by atoms with Crippen molar-refractivity contribution >= 4 is 46.6 Å². The van der Waals surface area contributed by atoms with Gasteiger partial charge in [-0.3, -0.25) is 4.99 Å². The number of ether oxygens (including phenoxy) is 4. The maximum absolute atomic E-state index is 12.9. The third-order valence-corrected chi connectivity index (χ3v) is 8.45. The van der Waals surface area contributed by atoms with Crippen LogP contribution in [0.1, 0.15) is 65.8 Å². The Morgan fingerprint density at radius 1 is 0.466 bits per heavy atom. The molecule has 0 bridgehead atoms. The Kier molecular flexibility index (Phi) is 14.7. The summed E-state index contributed by atoms with van der Waals surface area (Å²) < 4.78 is 22.5. The Balaban J connectivity index is 0.958. The predicted octanol–water partition coefficient (Wildman–Crippen LogP) is 13.1. The van der Waals surface area contributed by atoms with Crippen LogP contribution in [0.3, 0.4) is 0 Å². The van der Waals surface area contributed by atoms with Crippen molar-refractivity contribution < 1.29 is 28.5 Å². The molecule has 0 saturated carbocycles. The molecule has 0 aromatic heterocycles. The van der Waals surface area contributed by atoms with Gasteiger partial charge in [0.25, 0.3) is 0 Å². The van der Waals surface area contributed by atoms with Gasteiger partial charge in [0.1, 0.15) is 23.0 Å². The van der Waals surface area contributed by atoms with E-state index in [0.717, 1.165) is 42.7 Å². The second-order valence-corrected chi connectivity index (χ2v) is 13.0. The lowest BCUT2D eigenvalue weighted by Gasteiger charge is -2.06. The number of azo groups is 2. The molecule has 11 heteroatoms. The van der Waals surface area contributed by atoms with Gasteiger partial charge in [-0.15, -0.1) is 0 Å². The number of rotatable bonds is 18. The van der Waals surface area contributed by atoms with Gasteiger partial charge in [-0.25, -0.2) is 9.59 Å². The summed E-state index contributed by atoms with van der Waals surface area (Å²) in [5.74, 6) is 1.33. The summed E-state index contributed by atoms with van der Waals surface area (Å²) in [6, 6.07) is 42.1. The Labute approximate surface area is 337 Å². The lowest BCUT2D eigenvalue weighted by atomic mass is 10.2. The molecule has 0 amide bonds. The molecule has 0 aliphatic heterocycles. The number of carbonyl (C=O) groups is 2. The lowest BCUT2D eigenvalue weighted by molar-refractivity contribution is 0.0725. The molecule has 0 unspecified atom stereocenters. The van der Waals surface area contributed by atoms with Gasteiger partial charge in [0, 0.05) is 6.21 Å². The van der Waals surface area contributed by atoms with E-state index >= 15 is 0 Å². The first kappa shape index (κ1) is 40.4. The summed E-state index contributed by atoms with van der Waals surface area (Å²) in [5.41, 5.74) is 4.70. The largest absolute Gasteiger partial charge is 0.494 e. The van der Waals surface area contributed by atoms with Crippen LogP contribution in [-0.4, -0.2) is 31.4 Å². The van der Waals surface area contributed by atoms with E-state index in [1.807, 2.05) is 54.6 Å². The molecule has 0 atom stereocenters. The molecule has 6 aromatic rings. The standard InChI is InChI=1S/C47H43N5O6/c1-3-5-30-55-42-24-20-40(21-25-42)51-49-38-14-10-35(11-15-38)46(53)57-44-28-18-37(19-29-44)48-33-34-8-7-9-45(32-34)58-47(54)36-12-16-39(17-13-36)50-52-41-22-26-43(27-23-41)56-31-6-4-2/h7-29,32-33H,3-6,30-31H2,1-2H3. The summed E-state index contributed by atoms with van der Waals surface area (Å²) in [7, 11) is 0.